The zero-order chi connectivity index (χ0) is 22.1. The van der Waals surface area contributed by atoms with E-state index in [-0.39, 0.29) is 17.6 Å². The van der Waals surface area contributed by atoms with Crippen molar-refractivity contribution in [3.63, 3.8) is 0 Å². The highest BCUT2D eigenvalue weighted by Crippen LogP contribution is 2.38. The Morgan fingerprint density at radius 2 is 1.75 bits per heavy atom. The van der Waals surface area contributed by atoms with Gasteiger partial charge in [-0.2, -0.15) is 0 Å². The Morgan fingerprint density at radius 3 is 2.50 bits per heavy atom. The van der Waals surface area contributed by atoms with Crippen LogP contribution in [0.4, 0.5) is 8.78 Å². The molecule has 1 aliphatic heterocycles. The van der Waals surface area contributed by atoms with Crippen LogP contribution in [0, 0.1) is 18.6 Å². The maximum atomic E-state index is 14.7. The van der Waals surface area contributed by atoms with Gasteiger partial charge in [-0.25, -0.2) is 8.78 Å². The van der Waals surface area contributed by atoms with Crippen LogP contribution in [-0.2, 0) is 11.3 Å². The molecule has 0 spiro atoms. The lowest BCUT2D eigenvalue weighted by Crippen LogP contribution is -2.16. The largest absolute Gasteiger partial charge is 0.488 e. The molecule has 5 heteroatoms. The van der Waals surface area contributed by atoms with Crippen LogP contribution in [-0.4, -0.2) is 17.8 Å². The summed E-state index contributed by atoms with van der Waals surface area (Å²) in [5, 5.41) is 0.853. The lowest BCUT2D eigenvalue weighted by atomic mass is 9.96. The number of halogens is 2. The summed E-state index contributed by atoms with van der Waals surface area (Å²) in [6.07, 6.45) is 1.78. The van der Waals surface area contributed by atoms with E-state index >= 15 is 0 Å². The van der Waals surface area contributed by atoms with Crippen LogP contribution in [0.5, 0.6) is 5.75 Å². The fourth-order valence-corrected chi connectivity index (χ4v) is 4.47. The zero-order valence-electron chi connectivity index (χ0n) is 18.0. The molecule has 1 aliphatic rings. The molecule has 4 aromatic rings. The Balaban J connectivity index is 1.65. The minimum absolute atomic E-state index is 0.254. The van der Waals surface area contributed by atoms with Gasteiger partial charge in [0.25, 0.3) is 0 Å². The molecule has 0 atom stereocenters. The van der Waals surface area contributed by atoms with Crippen molar-refractivity contribution in [1.82, 2.24) is 4.57 Å². The van der Waals surface area contributed by atoms with Gasteiger partial charge in [-0.15, -0.1) is 0 Å². The molecule has 0 unspecified atom stereocenters. The van der Waals surface area contributed by atoms with Gasteiger partial charge in [-0.1, -0.05) is 30.3 Å². The van der Waals surface area contributed by atoms with Crippen molar-refractivity contribution < 1.29 is 18.3 Å². The van der Waals surface area contributed by atoms with Gasteiger partial charge in [0.1, 0.15) is 24.0 Å². The normalized spacial score (nSPS) is 14.7. The molecule has 5 rings (SSSR count). The second-order valence-corrected chi connectivity index (χ2v) is 8.34. The minimum Gasteiger partial charge on any atom is -0.488 e. The predicted molar refractivity (Wildman–Crippen MR) is 121 cm³/mol. The van der Waals surface area contributed by atoms with Crippen LogP contribution in [0.25, 0.3) is 16.6 Å². The number of fused-ring (bicyclic) bond motifs is 1. The van der Waals surface area contributed by atoms with Crippen LogP contribution >= 0.6 is 0 Å². The van der Waals surface area contributed by atoms with Gasteiger partial charge in [0.05, 0.1) is 5.52 Å². The number of hydrogen-bond donors (Lipinski definition) is 0. The maximum absolute atomic E-state index is 14.7. The molecule has 0 amide bonds. The molecule has 1 saturated heterocycles. The standard InChI is InChI=1S/C27H25F2NO2/c1-18-13-22(7-8-24(18)29)30-25(20-9-11-31-12-10-20)16-23-26(30)14-21(28)15-27(23)32-17-19-5-3-2-4-6-19/h2-8,13-16,20H,9-12,17H2,1H3. The van der Waals surface area contributed by atoms with Crippen LogP contribution in [0.3, 0.4) is 0 Å². The molecule has 0 N–H and O–H groups in total. The smallest absolute Gasteiger partial charge is 0.132 e. The predicted octanol–water partition coefficient (Wildman–Crippen LogP) is 6.69. The molecule has 0 aliphatic carbocycles. The first-order valence-electron chi connectivity index (χ1n) is 11.0. The average Bonchev–Trinajstić information content (AvgIpc) is 3.20. The summed E-state index contributed by atoms with van der Waals surface area (Å²) >= 11 is 0. The molecular weight excluding hydrogens is 408 g/mol. The number of nitrogens with zero attached hydrogens (tertiary/aromatic N) is 1. The number of aromatic nitrogens is 1. The van der Waals surface area contributed by atoms with E-state index in [1.807, 2.05) is 36.4 Å². The molecule has 1 fully saturated rings. The monoisotopic (exact) mass is 433 g/mol. The van der Waals surface area contributed by atoms with Gasteiger partial charge < -0.3 is 14.0 Å². The third-order valence-corrected chi connectivity index (χ3v) is 6.15. The summed E-state index contributed by atoms with van der Waals surface area (Å²) in [5.41, 5.74) is 4.19. The van der Waals surface area contributed by atoms with Gasteiger partial charge in [0, 0.05) is 42.0 Å². The van der Waals surface area contributed by atoms with Crippen molar-refractivity contribution in [3.8, 4) is 11.4 Å². The average molecular weight is 433 g/mol. The van der Waals surface area contributed by atoms with E-state index in [4.69, 9.17) is 9.47 Å². The van der Waals surface area contributed by atoms with Crippen molar-refractivity contribution in [2.45, 2.75) is 32.3 Å². The van der Waals surface area contributed by atoms with Gasteiger partial charge in [0.15, 0.2) is 0 Å². The lowest BCUT2D eigenvalue weighted by Gasteiger charge is -2.24. The molecule has 2 heterocycles. The number of ether oxygens (including phenoxy) is 2. The van der Waals surface area contributed by atoms with Crippen molar-refractivity contribution >= 4 is 10.9 Å². The van der Waals surface area contributed by atoms with E-state index in [1.165, 1.54) is 18.2 Å². The van der Waals surface area contributed by atoms with Crippen molar-refractivity contribution in [2.75, 3.05) is 13.2 Å². The molecular formula is C27H25F2NO2. The Hall–Kier alpha value is -3.18. The van der Waals surface area contributed by atoms with Crippen molar-refractivity contribution in [1.29, 1.82) is 0 Å². The van der Waals surface area contributed by atoms with Crippen LogP contribution < -0.4 is 4.74 Å². The van der Waals surface area contributed by atoms with Crippen LogP contribution in [0.1, 0.15) is 35.6 Å². The topological polar surface area (TPSA) is 23.4 Å². The number of benzene rings is 3. The summed E-state index contributed by atoms with van der Waals surface area (Å²) in [5.74, 6) is 0.162. The highest BCUT2D eigenvalue weighted by atomic mass is 19.1. The highest BCUT2D eigenvalue weighted by Gasteiger charge is 2.24. The molecule has 0 radical (unpaired) electrons. The summed E-state index contributed by atoms with van der Waals surface area (Å²) < 4.78 is 42.4. The summed E-state index contributed by atoms with van der Waals surface area (Å²) in [6, 6.07) is 19.9. The first-order chi connectivity index (χ1) is 15.6. The lowest BCUT2D eigenvalue weighted by molar-refractivity contribution is 0.0842. The fraction of sp³-hybridized carbons (Fsp3) is 0.259. The zero-order valence-corrected chi connectivity index (χ0v) is 18.0. The molecule has 3 aromatic carbocycles. The summed E-state index contributed by atoms with van der Waals surface area (Å²) in [4.78, 5) is 0. The Labute approximate surface area is 186 Å². The quantitative estimate of drug-likeness (QED) is 0.350. The Bertz CT molecular complexity index is 1240. The van der Waals surface area contributed by atoms with E-state index in [0.717, 1.165) is 40.7 Å². The third kappa shape index (κ3) is 4.00. The maximum Gasteiger partial charge on any atom is 0.132 e. The van der Waals surface area contributed by atoms with E-state index in [0.29, 0.717) is 31.1 Å². The number of rotatable bonds is 5. The molecule has 1 aromatic heterocycles. The summed E-state index contributed by atoms with van der Waals surface area (Å²) in [7, 11) is 0. The second kappa shape index (κ2) is 8.75. The molecule has 0 saturated carbocycles. The van der Waals surface area contributed by atoms with E-state index < -0.39 is 0 Å². The SMILES string of the molecule is Cc1cc(-n2c(C3CCOCC3)cc3c(OCc4ccccc4)cc(F)cc32)ccc1F. The molecule has 32 heavy (non-hydrogen) atoms. The van der Waals surface area contributed by atoms with E-state index in [2.05, 4.69) is 10.6 Å². The van der Waals surface area contributed by atoms with Crippen LogP contribution in [0.2, 0.25) is 0 Å². The second-order valence-electron chi connectivity index (χ2n) is 8.34. The Morgan fingerprint density at radius 1 is 0.969 bits per heavy atom. The number of aryl methyl sites for hydroxylation is 1. The van der Waals surface area contributed by atoms with Crippen molar-refractivity contribution in [3.05, 3.63) is 95.2 Å². The van der Waals surface area contributed by atoms with E-state index in [9.17, 15) is 8.78 Å². The van der Waals surface area contributed by atoms with E-state index in [1.54, 1.807) is 13.0 Å². The fourth-order valence-electron chi connectivity index (χ4n) is 4.47. The van der Waals surface area contributed by atoms with Crippen molar-refractivity contribution in [2.24, 2.45) is 0 Å². The van der Waals surface area contributed by atoms with Gasteiger partial charge >= 0.3 is 0 Å². The summed E-state index contributed by atoms with van der Waals surface area (Å²) in [6.45, 7) is 3.49. The molecule has 164 valence electrons. The molecule has 0 bridgehead atoms. The van der Waals surface area contributed by atoms with Gasteiger partial charge in [-0.05, 0) is 61.2 Å². The first-order valence-corrected chi connectivity index (χ1v) is 11.0. The van der Waals surface area contributed by atoms with Crippen LogP contribution in [0.15, 0.2) is 66.7 Å². The van der Waals surface area contributed by atoms with Gasteiger partial charge in [-0.3, -0.25) is 0 Å². The Kier molecular flexibility index (Phi) is 5.66. The highest BCUT2D eigenvalue weighted by molar-refractivity contribution is 5.89. The number of hydrogen-bond acceptors (Lipinski definition) is 2. The van der Waals surface area contributed by atoms with Gasteiger partial charge in [0.2, 0.25) is 0 Å². The third-order valence-electron chi connectivity index (χ3n) is 6.15. The minimum atomic E-state index is -0.364. The molecule has 3 nitrogen and oxygen atoms in total. The first kappa shape index (κ1) is 20.7.